The van der Waals surface area contributed by atoms with Crippen LogP contribution in [0.1, 0.15) is 37.8 Å². The van der Waals surface area contributed by atoms with Crippen molar-refractivity contribution in [2.24, 2.45) is 5.92 Å². The summed E-state index contributed by atoms with van der Waals surface area (Å²) in [7, 11) is 1.90. The number of rotatable bonds is 11. The topological polar surface area (TPSA) is 66.8 Å². The zero-order chi connectivity index (χ0) is 23.7. The zero-order valence-electron chi connectivity index (χ0n) is 18.6. The molecule has 0 radical (unpaired) electrons. The number of ether oxygens (including phenoxy) is 1. The molecule has 1 atom stereocenters. The van der Waals surface area contributed by atoms with Crippen LogP contribution < -0.4 is 0 Å². The number of carbonyl (C=O) groups excluding carboxylic acids is 1. The molecule has 0 saturated heterocycles. The van der Waals surface area contributed by atoms with E-state index in [2.05, 4.69) is 82.1 Å². The highest BCUT2D eigenvalue weighted by Gasteiger charge is 2.38. The van der Waals surface area contributed by atoms with Crippen molar-refractivity contribution in [3.05, 3.63) is 80.8 Å². The van der Waals surface area contributed by atoms with E-state index < -0.39 is 11.9 Å². The van der Waals surface area contributed by atoms with Crippen LogP contribution in [0.2, 0.25) is 0 Å². The fourth-order valence-electron chi connectivity index (χ4n) is 3.96. The van der Waals surface area contributed by atoms with Crippen molar-refractivity contribution in [3.63, 3.8) is 0 Å². The van der Waals surface area contributed by atoms with E-state index in [1.54, 1.807) is 0 Å². The van der Waals surface area contributed by atoms with Crippen molar-refractivity contribution in [1.29, 1.82) is 0 Å². The molecule has 2 aromatic carbocycles. The molecule has 0 aliphatic carbocycles. The van der Waals surface area contributed by atoms with Gasteiger partial charge >= 0.3 is 11.9 Å². The Bertz CT molecular complexity index is 915. The number of hydrogen-bond donors (Lipinski definition) is 1. The van der Waals surface area contributed by atoms with E-state index in [-0.39, 0.29) is 18.1 Å². The monoisotopic (exact) mass is 565 g/mol. The van der Waals surface area contributed by atoms with Gasteiger partial charge in [0.15, 0.2) is 0 Å². The van der Waals surface area contributed by atoms with Gasteiger partial charge in [-0.1, -0.05) is 76.4 Å². The van der Waals surface area contributed by atoms with Gasteiger partial charge in [-0.15, -0.1) is 0 Å². The van der Waals surface area contributed by atoms with Gasteiger partial charge in [0.05, 0.1) is 0 Å². The Morgan fingerprint density at radius 2 is 1.66 bits per heavy atom. The first-order chi connectivity index (χ1) is 15.2. The van der Waals surface area contributed by atoms with Crippen LogP contribution in [0.25, 0.3) is 0 Å². The number of carbonyl (C=O) groups is 2. The number of esters is 1. The van der Waals surface area contributed by atoms with Crippen LogP contribution >= 0.6 is 31.9 Å². The SMILES string of the molecule is CCCC(CN(C)COC(=O)/C=C\C(=O)O)C(C)(c1cccc(Br)c1)c1cccc(Br)c1. The van der Waals surface area contributed by atoms with Crippen molar-refractivity contribution in [3.8, 4) is 0 Å². The Balaban J connectivity index is 2.34. The van der Waals surface area contributed by atoms with E-state index in [0.717, 1.165) is 33.9 Å². The average Bonchev–Trinajstić information content (AvgIpc) is 2.75. The average molecular weight is 567 g/mol. The molecule has 0 aliphatic heterocycles. The number of nitrogens with zero attached hydrogens (tertiary/aromatic N) is 1. The molecule has 2 aromatic rings. The molecule has 1 N–H and O–H groups in total. The molecule has 7 heteroatoms. The molecule has 0 heterocycles. The van der Waals surface area contributed by atoms with Crippen LogP contribution in [0.4, 0.5) is 0 Å². The van der Waals surface area contributed by atoms with Gasteiger partial charge in [0.1, 0.15) is 6.73 Å². The van der Waals surface area contributed by atoms with E-state index in [1.165, 1.54) is 11.1 Å². The molecule has 0 fully saturated rings. The van der Waals surface area contributed by atoms with E-state index in [1.807, 2.05) is 24.1 Å². The Morgan fingerprint density at radius 1 is 1.09 bits per heavy atom. The van der Waals surface area contributed by atoms with Gasteiger partial charge in [0.2, 0.25) is 0 Å². The van der Waals surface area contributed by atoms with Crippen molar-refractivity contribution in [2.45, 2.75) is 32.1 Å². The fraction of sp³-hybridized carbons (Fsp3) is 0.360. The highest BCUT2D eigenvalue weighted by atomic mass is 79.9. The van der Waals surface area contributed by atoms with Gasteiger partial charge < -0.3 is 9.84 Å². The molecular formula is C25H29Br2NO4. The summed E-state index contributed by atoms with van der Waals surface area (Å²) in [6.45, 7) is 5.22. The minimum atomic E-state index is -1.18. The van der Waals surface area contributed by atoms with Crippen LogP contribution in [0, 0.1) is 5.92 Å². The van der Waals surface area contributed by atoms with Crippen molar-refractivity contribution in [1.82, 2.24) is 4.90 Å². The van der Waals surface area contributed by atoms with Gasteiger partial charge in [-0.25, -0.2) is 9.59 Å². The molecule has 0 saturated carbocycles. The minimum Gasteiger partial charge on any atom is -0.478 e. The van der Waals surface area contributed by atoms with E-state index in [4.69, 9.17) is 9.84 Å². The van der Waals surface area contributed by atoms with Gasteiger partial charge in [-0.3, -0.25) is 4.90 Å². The number of carboxylic acid groups (broad SMARTS) is 1. The Labute approximate surface area is 206 Å². The molecule has 0 spiro atoms. The van der Waals surface area contributed by atoms with Crippen molar-refractivity contribution < 1.29 is 19.4 Å². The molecule has 5 nitrogen and oxygen atoms in total. The second-order valence-electron chi connectivity index (χ2n) is 8.01. The fourth-order valence-corrected chi connectivity index (χ4v) is 4.76. The molecule has 0 bridgehead atoms. The van der Waals surface area contributed by atoms with Crippen LogP contribution in [0.3, 0.4) is 0 Å². The first kappa shape index (κ1) is 26.3. The molecule has 0 aromatic heterocycles. The molecular weight excluding hydrogens is 538 g/mol. The maximum Gasteiger partial charge on any atom is 0.332 e. The summed E-state index contributed by atoms with van der Waals surface area (Å²) in [5, 5.41) is 8.65. The highest BCUT2D eigenvalue weighted by molar-refractivity contribution is 9.10. The summed E-state index contributed by atoms with van der Waals surface area (Å²) >= 11 is 7.24. The standard InChI is InChI=1S/C25H29Br2NO4/c1-4-7-20(16-28(3)17-32-24(31)13-12-23(29)30)25(2,18-8-5-10-21(26)14-18)19-9-6-11-22(27)15-19/h5-6,8-15,20H,4,7,16-17H2,1-3H3,(H,29,30)/b13-12-. The molecule has 2 rings (SSSR count). The van der Waals surface area contributed by atoms with Crippen molar-refractivity contribution >= 4 is 43.8 Å². The lowest BCUT2D eigenvalue weighted by atomic mass is 9.65. The van der Waals surface area contributed by atoms with Crippen LogP contribution in [-0.4, -0.2) is 42.3 Å². The van der Waals surface area contributed by atoms with Gasteiger partial charge in [-0.05, 0) is 54.8 Å². The van der Waals surface area contributed by atoms with Gasteiger partial charge in [-0.2, -0.15) is 0 Å². The van der Waals surface area contributed by atoms with Gasteiger partial charge in [0, 0.05) is 33.1 Å². The number of benzene rings is 2. The maximum absolute atomic E-state index is 11.8. The molecule has 0 aliphatic rings. The Kier molecular flexibility index (Phi) is 10.1. The lowest BCUT2D eigenvalue weighted by molar-refractivity contribution is -0.142. The van der Waals surface area contributed by atoms with E-state index >= 15 is 0 Å². The molecule has 172 valence electrons. The predicted molar refractivity (Wildman–Crippen MR) is 134 cm³/mol. The lowest BCUT2D eigenvalue weighted by Gasteiger charge is -2.41. The summed E-state index contributed by atoms with van der Waals surface area (Å²) in [6.07, 6.45) is 3.69. The summed E-state index contributed by atoms with van der Waals surface area (Å²) in [6, 6.07) is 16.8. The Hall–Kier alpha value is -1.96. The van der Waals surface area contributed by atoms with Crippen LogP contribution in [-0.2, 0) is 19.7 Å². The summed E-state index contributed by atoms with van der Waals surface area (Å²) < 4.78 is 7.27. The van der Waals surface area contributed by atoms with E-state index in [0.29, 0.717) is 6.54 Å². The quantitative estimate of drug-likeness (QED) is 0.205. The normalized spacial score (nSPS) is 12.8. The van der Waals surface area contributed by atoms with Crippen LogP contribution in [0.5, 0.6) is 0 Å². The first-order valence-corrected chi connectivity index (χ1v) is 12.0. The second kappa shape index (κ2) is 12.3. The Morgan fingerprint density at radius 3 is 2.12 bits per heavy atom. The van der Waals surface area contributed by atoms with E-state index in [9.17, 15) is 9.59 Å². The molecule has 32 heavy (non-hydrogen) atoms. The number of aliphatic carboxylic acids is 1. The highest BCUT2D eigenvalue weighted by Crippen LogP contribution is 2.43. The zero-order valence-corrected chi connectivity index (χ0v) is 21.7. The number of hydrogen-bond acceptors (Lipinski definition) is 4. The smallest absolute Gasteiger partial charge is 0.332 e. The predicted octanol–water partition coefficient (Wildman–Crippen LogP) is 6.01. The third kappa shape index (κ3) is 7.29. The maximum atomic E-state index is 11.8. The lowest BCUT2D eigenvalue weighted by Crippen LogP contribution is -2.41. The summed E-state index contributed by atoms with van der Waals surface area (Å²) in [5.74, 6) is -1.63. The van der Waals surface area contributed by atoms with Crippen molar-refractivity contribution in [2.75, 3.05) is 20.3 Å². The third-order valence-corrected chi connectivity index (χ3v) is 6.61. The first-order valence-electron chi connectivity index (χ1n) is 10.4. The third-order valence-electron chi connectivity index (χ3n) is 5.62. The molecule has 0 amide bonds. The largest absolute Gasteiger partial charge is 0.478 e. The summed E-state index contributed by atoms with van der Waals surface area (Å²) in [4.78, 5) is 24.3. The van der Waals surface area contributed by atoms with Gasteiger partial charge in [0.25, 0.3) is 0 Å². The van der Waals surface area contributed by atoms with Crippen LogP contribution in [0.15, 0.2) is 69.6 Å². The molecule has 1 unspecified atom stereocenters. The summed E-state index contributed by atoms with van der Waals surface area (Å²) in [5.41, 5.74) is 2.13. The minimum absolute atomic E-state index is 0.0794. The number of carboxylic acids is 1. The second-order valence-corrected chi connectivity index (χ2v) is 9.84. The number of halogens is 2.